The smallest absolute Gasteiger partial charge is 0.315 e. The summed E-state index contributed by atoms with van der Waals surface area (Å²) in [5.41, 5.74) is 0. The van der Waals surface area contributed by atoms with Crippen molar-refractivity contribution in [1.82, 2.24) is 15.5 Å². The van der Waals surface area contributed by atoms with Crippen LogP contribution in [0.3, 0.4) is 0 Å². The number of likely N-dealkylation sites (tertiary alicyclic amines) is 1. The van der Waals surface area contributed by atoms with Gasteiger partial charge < -0.3 is 20.3 Å². The van der Waals surface area contributed by atoms with Crippen molar-refractivity contribution in [3.63, 3.8) is 0 Å². The number of ether oxygens (including phenoxy) is 1. The number of carbonyl (C=O) groups is 1. The van der Waals surface area contributed by atoms with Gasteiger partial charge >= 0.3 is 6.03 Å². The molecule has 2 unspecified atom stereocenters. The fraction of sp³-hybridized carbons (Fsp3) is 0.923. The number of rotatable bonds is 4. The van der Waals surface area contributed by atoms with E-state index in [-0.39, 0.29) is 12.1 Å². The lowest BCUT2D eigenvalue weighted by Crippen LogP contribution is -2.44. The fourth-order valence-electron chi connectivity index (χ4n) is 2.62. The van der Waals surface area contributed by atoms with Crippen LogP contribution in [0.25, 0.3) is 0 Å². The minimum atomic E-state index is -0.0477. The molecule has 0 spiro atoms. The van der Waals surface area contributed by atoms with Gasteiger partial charge in [-0.1, -0.05) is 0 Å². The van der Waals surface area contributed by atoms with E-state index in [2.05, 4.69) is 29.4 Å². The second-order valence-electron chi connectivity index (χ2n) is 5.66. The van der Waals surface area contributed by atoms with E-state index in [0.29, 0.717) is 18.6 Å². The van der Waals surface area contributed by atoms with Crippen LogP contribution < -0.4 is 10.6 Å². The Balaban J connectivity index is 1.61. The molecule has 2 atom stereocenters. The molecule has 5 heteroatoms. The molecule has 0 aliphatic carbocycles. The Morgan fingerprint density at radius 3 is 2.89 bits per heavy atom. The van der Waals surface area contributed by atoms with Crippen molar-refractivity contribution in [2.45, 2.75) is 38.8 Å². The van der Waals surface area contributed by atoms with E-state index in [9.17, 15) is 4.79 Å². The number of hydrogen-bond acceptors (Lipinski definition) is 3. The Labute approximate surface area is 109 Å². The zero-order valence-corrected chi connectivity index (χ0v) is 11.4. The van der Waals surface area contributed by atoms with Gasteiger partial charge in [0.25, 0.3) is 0 Å². The lowest BCUT2D eigenvalue weighted by Gasteiger charge is -2.20. The van der Waals surface area contributed by atoms with E-state index in [0.717, 1.165) is 32.7 Å². The molecule has 2 aliphatic rings. The zero-order valence-electron chi connectivity index (χ0n) is 11.4. The number of carbonyl (C=O) groups excluding carboxylic acids is 1. The van der Waals surface area contributed by atoms with Crippen LogP contribution >= 0.6 is 0 Å². The van der Waals surface area contributed by atoms with Gasteiger partial charge in [0.05, 0.1) is 12.6 Å². The summed E-state index contributed by atoms with van der Waals surface area (Å²) in [5, 5.41) is 5.93. The maximum absolute atomic E-state index is 11.7. The van der Waals surface area contributed by atoms with Gasteiger partial charge in [0.2, 0.25) is 0 Å². The third kappa shape index (κ3) is 3.85. The van der Waals surface area contributed by atoms with E-state index < -0.39 is 0 Å². The Kier molecular flexibility index (Phi) is 4.83. The molecule has 104 valence electrons. The van der Waals surface area contributed by atoms with Crippen LogP contribution in [0.2, 0.25) is 0 Å². The first kappa shape index (κ1) is 13.6. The summed E-state index contributed by atoms with van der Waals surface area (Å²) >= 11 is 0. The predicted octanol–water partition coefficient (Wildman–Crippen LogP) is 0.805. The standard InChI is InChI=1S/C13H25N3O2/c1-10(2)16-5-3-11(8-16)7-14-13(17)15-12-4-6-18-9-12/h10-12H,3-9H2,1-2H3,(H2,14,15,17). The van der Waals surface area contributed by atoms with Gasteiger partial charge in [-0.15, -0.1) is 0 Å². The molecule has 2 N–H and O–H groups in total. The molecule has 0 radical (unpaired) electrons. The number of nitrogens with zero attached hydrogens (tertiary/aromatic N) is 1. The number of hydrogen-bond donors (Lipinski definition) is 2. The van der Waals surface area contributed by atoms with E-state index >= 15 is 0 Å². The van der Waals surface area contributed by atoms with E-state index in [1.54, 1.807) is 0 Å². The molecular formula is C13H25N3O2. The first-order valence-electron chi connectivity index (χ1n) is 7.01. The molecular weight excluding hydrogens is 230 g/mol. The van der Waals surface area contributed by atoms with Gasteiger partial charge in [0, 0.05) is 25.7 Å². The Morgan fingerprint density at radius 2 is 2.28 bits per heavy atom. The highest BCUT2D eigenvalue weighted by atomic mass is 16.5. The first-order chi connectivity index (χ1) is 8.65. The lowest BCUT2D eigenvalue weighted by atomic mass is 10.1. The molecule has 2 fully saturated rings. The van der Waals surface area contributed by atoms with Crippen LogP contribution in [-0.2, 0) is 4.74 Å². The third-order valence-electron chi connectivity index (χ3n) is 3.86. The fourth-order valence-corrected chi connectivity index (χ4v) is 2.62. The molecule has 2 rings (SSSR count). The predicted molar refractivity (Wildman–Crippen MR) is 70.6 cm³/mol. The highest BCUT2D eigenvalue weighted by Gasteiger charge is 2.24. The lowest BCUT2D eigenvalue weighted by molar-refractivity contribution is 0.188. The highest BCUT2D eigenvalue weighted by Crippen LogP contribution is 2.17. The Bertz CT molecular complexity index is 277. The molecule has 0 aromatic rings. The number of amides is 2. The second-order valence-corrected chi connectivity index (χ2v) is 5.66. The molecule has 5 nitrogen and oxygen atoms in total. The van der Waals surface area contributed by atoms with Crippen molar-refractivity contribution in [3.05, 3.63) is 0 Å². The van der Waals surface area contributed by atoms with Crippen molar-refractivity contribution in [2.75, 3.05) is 32.8 Å². The summed E-state index contributed by atoms with van der Waals surface area (Å²) in [4.78, 5) is 14.1. The maximum atomic E-state index is 11.7. The SMILES string of the molecule is CC(C)N1CCC(CNC(=O)NC2CCOC2)C1. The maximum Gasteiger partial charge on any atom is 0.315 e. The van der Waals surface area contributed by atoms with Gasteiger partial charge in [-0.05, 0) is 39.2 Å². The average Bonchev–Trinajstić information content (AvgIpc) is 2.96. The summed E-state index contributed by atoms with van der Waals surface area (Å²) in [7, 11) is 0. The summed E-state index contributed by atoms with van der Waals surface area (Å²) in [6.45, 7) is 8.90. The molecule has 2 amide bonds. The molecule has 0 aromatic heterocycles. The largest absolute Gasteiger partial charge is 0.379 e. The molecule has 0 bridgehead atoms. The molecule has 18 heavy (non-hydrogen) atoms. The van der Waals surface area contributed by atoms with Crippen molar-refractivity contribution in [3.8, 4) is 0 Å². The molecule has 2 heterocycles. The average molecular weight is 255 g/mol. The van der Waals surface area contributed by atoms with E-state index in [4.69, 9.17) is 4.74 Å². The minimum Gasteiger partial charge on any atom is -0.379 e. The Morgan fingerprint density at radius 1 is 1.44 bits per heavy atom. The van der Waals surface area contributed by atoms with E-state index in [1.165, 1.54) is 6.42 Å². The summed E-state index contributed by atoms with van der Waals surface area (Å²) in [6.07, 6.45) is 2.11. The van der Waals surface area contributed by atoms with Crippen LogP contribution in [0.5, 0.6) is 0 Å². The summed E-state index contributed by atoms with van der Waals surface area (Å²) < 4.78 is 5.23. The van der Waals surface area contributed by atoms with Gasteiger partial charge in [-0.3, -0.25) is 0 Å². The first-order valence-corrected chi connectivity index (χ1v) is 7.01. The number of nitrogens with one attached hydrogen (secondary N) is 2. The van der Waals surface area contributed by atoms with Crippen LogP contribution in [0.4, 0.5) is 4.79 Å². The second kappa shape index (κ2) is 6.38. The van der Waals surface area contributed by atoms with Crippen molar-refractivity contribution in [2.24, 2.45) is 5.92 Å². The van der Waals surface area contributed by atoms with Crippen molar-refractivity contribution >= 4 is 6.03 Å². The highest BCUT2D eigenvalue weighted by molar-refractivity contribution is 5.74. The zero-order chi connectivity index (χ0) is 13.0. The number of urea groups is 1. The van der Waals surface area contributed by atoms with Crippen molar-refractivity contribution in [1.29, 1.82) is 0 Å². The monoisotopic (exact) mass is 255 g/mol. The molecule has 2 aliphatic heterocycles. The molecule has 2 saturated heterocycles. The molecule has 0 saturated carbocycles. The van der Waals surface area contributed by atoms with E-state index in [1.807, 2.05) is 0 Å². The topological polar surface area (TPSA) is 53.6 Å². The summed E-state index contributed by atoms with van der Waals surface area (Å²) in [5.74, 6) is 0.595. The van der Waals surface area contributed by atoms with Crippen molar-refractivity contribution < 1.29 is 9.53 Å². The normalized spacial score (nSPS) is 28.8. The van der Waals surface area contributed by atoms with Crippen LogP contribution in [0.1, 0.15) is 26.7 Å². The minimum absolute atomic E-state index is 0.0477. The van der Waals surface area contributed by atoms with Crippen LogP contribution in [-0.4, -0.2) is 55.9 Å². The van der Waals surface area contributed by atoms with Gasteiger partial charge in [-0.2, -0.15) is 0 Å². The van der Waals surface area contributed by atoms with Crippen LogP contribution in [0.15, 0.2) is 0 Å². The summed E-state index contributed by atoms with van der Waals surface area (Å²) in [6, 6.07) is 0.758. The quantitative estimate of drug-likeness (QED) is 0.781. The molecule has 0 aromatic carbocycles. The Hall–Kier alpha value is -0.810. The third-order valence-corrected chi connectivity index (χ3v) is 3.86. The van der Waals surface area contributed by atoms with Gasteiger partial charge in [0.1, 0.15) is 0 Å². The van der Waals surface area contributed by atoms with Gasteiger partial charge in [0.15, 0.2) is 0 Å². The van der Waals surface area contributed by atoms with Crippen LogP contribution in [0, 0.1) is 5.92 Å². The van der Waals surface area contributed by atoms with Gasteiger partial charge in [-0.25, -0.2) is 4.79 Å².